The zero-order chi connectivity index (χ0) is 30.0. The number of hydrogen-bond donors (Lipinski definition) is 3. The van der Waals surface area contributed by atoms with Crippen LogP contribution in [0.15, 0.2) is 30.4 Å². The van der Waals surface area contributed by atoms with E-state index in [1.807, 2.05) is 0 Å². The highest BCUT2D eigenvalue weighted by molar-refractivity contribution is 6.28. The zero-order valence-corrected chi connectivity index (χ0v) is 22.4. The standard InChI is InChI=1S/C31H24O11/c1-11-7-14-20(16(33)8-11)26(37)23-24(35)13-5-6-30(23,28(14)39)10-12-9-17-21(25(36)19(12)13)27(38)22-15(32)3-4-18(34)31(22,42-17)29(40)41-2/h5-9,13,18,22-23,33-34,36H,3-4,10H2,1-2H3/t13-,18-,22-,23-,30+,31+/m1/s1. The van der Waals surface area contributed by atoms with Gasteiger partial charge in [-0.1, -0.05) is 12.2 Å². The molecule has 3 N–H and O–H groups in total. The van der Waals surface area contributed by atoms with E-state index in [0.717, 1.165) is 7.11 Å². The van der Waals surface area contributed by atoms with E-state index >= 15 is 0 Å². The van der Waals surface area contributed by atoms with Crippen LogP contribution in [0.25, 0.3) is 0 Å². The summed E-state index contributed by atoms with van der Waals surface area (Å²) in [7, 11) is 1.02. The summed E-state index contributed by atoms with van der Waals surface area (Å²) in [6, 6.07) is 4.12. The Morgan fingerprint density at radius 3 is 2.45 bits per heavy atom. The summed E-state index contributed by atoms with van der Waals surface area (Å²) in [5.74, 6) is -10.7. The smallest absolute Gasteiger partial charge is 0.354 e. The SMILES string of the molecule is COC(=O)[C@@]12Oc3cc4c(c(O)c3C(=O)[C@H]1C(=O)CC[C@H]2O)[C@H]1C=C[C@@]2(C4)C(=O)c3cc(C)cc(O)c3C(=O)[C@H]2C1=O. The summed E-state index contributed by atoms with van der Waals surface area (Å²) in [5.41, 5.74) is -4.07. The van der Waals surface area contributed by atoms with E-state index in [9.17, 15) is 44.1 Å². The maximum atomic E-state index is 14.1. The highest BCUT2D eigenvalue weighted by Crippen LogP contribution is 2.58. The van der Waals surface area contributed by atoms with E-state index in [2.05, 4.69) is 0 Å². The van der Waals surface area contributed by atoms with Crippen LogP contribution in [-0.2, 0) is 25.5 Å². The lowest BCUT2D eigenvalue weighted by Crippen LogP contribution is -2.68. The van der Waals surface area contributed by atoms with Crippen molar-refractivity contribution in [2.24, 2.45) is 17.3 Å². The number of phenols is 2. The van der Waals surface area contributed by atoms with Gasteiger partial charge in [0.2, 0.25) is 5.60 Å². The number of methoxy groups -OCH3 is 1. The van der Waals surface area contributed by atoms with E-state index in [4.69, 9.17) is 9.47 Å². The molecule has 2 bridgehead atoms. The third kappa shape index (κ3) is 2.88. The minimum atomic E-state index is -2.39. The number of aromatic hydroxyl groups is 2. The van der Waals surface area contributed by atoms with Crippen molar-refractivity contribution in [2.75, 3.05) is 7.11 Å². The number of esters is 1. The van der Waals surface area contributed by atoms with Gasteiger partial charge in [-0.25, -0.2) is 4.79 Å². The monoisotopic (exact) mass is 572 g/mol. The van der Waals surface area contributed by atoms with Gasteiger partial charge in [-0.15, -0.1) is 0 Å². The topological polar surface area (TPSA) is 182 Å². The van der Waals surface area contributed by atoms with Crippen molar-refractivity contribution in [1.29, 1.82) is 0 Å². The van der Waals surface area contributed by atoms with Crippen LogP contribution in [0.4, 0.5) is 0 Å². The van der Waals surface area contributed by atoms with Gasteiger partial charge in [0, 0.05) is 17.5 Å². The van der Waals surface area contributed by atoms with Gasteiger partial charge in [-0.05, 0) is 49.1 Å². The van der Waals surface area contributed by atoms with Crippen LogP contribution in [0.1, 0.15) is 66.5 Å². The van der Waals surface area contributed by atoms with Crippen molar-refractivity contribution in [3.8, 4) is 17.2 Å². The normalized spacial score (nSPS) is 32.2. The fourth-order valence-electron chi connectivity index (χ4n) is 7.70. The molecule has 6 aliphatic rings. The third-order valence-corrected chi connectivity index (χ3v) is 9.52. The summed E-state index contributed by atoms with van der Waals surface area (Å²) in [4.78, 5) is 81.8. The average Bonchev–Trinajstić information content (AvgIpc) is 3.16. The van der Waals surface area contributed by atoms with E-state index in [-0.39, 0.29) is 47.3 Å². The largest absolute Gasteiger partial charge is 0.507 e. The third-order valence-electron chi connectivity index (χ3n) is 9.52. The Balaban J connectivity index is 1.46. The summed E-state index contributed by atoms with van der Waals surface area (Å²) in [6.45, 7) is 1.65. The highest BCUT2D eigenvalue weighted by Gasteiger charge is 2.67. The Morgan fingerprint density at radius 1 is 1.02 bits per heavy atom. The molecule has 214 valence electrons. The molecule has 1 heterocycles. The molecule has 2 aromatic rings. The Bertz CT molecular complexity index is 1770. The maximum Gasteiger partial charge on any atom is 0.354 e. The van der Waals surface area contributed by atoms with Crippen LogP contribution in [0.3, 0.4) is 0 Å². The van der Waals surface area contributed by atoms with E-state index < -0.39 is 86.8 Å². The quantitative estimate of drug-likeness (QED) is 0.257. The van der Waals surface area contributed by atoms with Gasteiger partial charge in [-0.3, -0.25) is 24.0 Å². The lowest BCUT2D eigenvalue weighted by molar-refractivity contribution is -0.185. The van der Waals surface area contributed by atoms with Crippen molar-refractivity contribution < 1.29 is 53.6 Å². The first-order valence-electron chi connectivity index (χ1n) is 13.5. The van der Waals surface area contributed by atoms with Gasteiger partial charge < -0.3 is 24.8 Å². The first-order chi connectivity index (χ1) is 19.9. The molecule has 1 spiro atoms. The van der Waals surface area contributed by atoms with Crippen LogP contribution in [0, 0.1) is 24.2 Å². The number of hydrogen-bond acceptors (Lipinski definition) is 11. The number of benzene rings is 2. The van der Waals surface area contributed by atoms with Crippen LogP contribution in [0.5, 0.6) is 17.2 Å². The Labute approximate surface area is 237 Å². The molecule has 0 aromatic heterocycles. The minimum Gasteiger partial charge on any atom is -0.507 e. The predicted molar refractivity (Wildman–Crippen MR) is 140 cm³/mol. The minimum absolute atomic E-state index is 0.0161. The molecule has 1 aliphatic heterocycles. The molecular formula is C31H24O11. The number of phenolic OH excluding ortho intramolecular Hbond substituents is 2. The van der Waals surface area contributed by atoms with Crippen LogP contribution >= 0.6 is 0 Å². The summed E-state index contributed by atoms with van der Waals surface area (Å²) < 4.78 is 10.8. The molecule has 0 radical (unpaired) electrons. The number of aliphatic hydroxyl groups excluding tert-OH is 1. The lowest BCUT2D eigenvalue weighted by atomic mass is 9.57. The Morgan fingerprint density at radius 2 is 1.74 bits per heavy atom. The van der Waals surface area contributed by atoms with E-state index in [1.165, 1.54) is 30.4 Å². The number of fused-ring (bicyclic) bond motifs is 3. The average molecular weight is 573 g/mol. The predicted octanol–water partition coefficient (Wildman–Crippen LogP) is 1.69. The number of carbonyl (C=O) groups excluding carboxylic acids is 6. The van der Waals surface area contributed by atoms with Crippen molar-refractivity contribution >= 4 is 34.9 Å². The molecule has 0 unspecified atom stereocenters. The fourth-order valence-corrected chi connectivity index (χ4v) is 7.70. The van der Waals surface area contributed by atoms with Crippen molar-refractivity contribution in [3.63, 3.8) is 0 Å². The highest BCUT2D eigenvalue weighted by atomic mass is 16.6. The second-order valence-electron chi connectivity index (χ2n) is 11.7. The van der Waals surface area contributed by atoms with Gasteiger partial charge in [0.25, 0.3) is 0 Å². The molecule has 0 amide bonds. The molecule has 1 fully saturated rings. The zero-order valence-electron chi connectivity index (χ0n) is 22.4. The van der Waals surface area contributed by atoms with Crippen LogP contribution < -0.4 is 4.74 Å². The molecule has 11 heteroatoms. The number of Topliss-reactive ketones (excluding diaryl/α,β-unsaturated/α-hetero) is 5. The van der Waals surface area contributed by atoms with Crippen LogP contribution in [0.2, 0.25) is 0 Å². The maximum absolute atomic E-state index is 14.1. The van der Waals surface area contributed by atoms with Crippen LogP contribution in [-0.4, -0.2) is 69.0 Å². The Kier molecular flexibility index (Phi) is 5.14. The second kappa shape index (κ2) is 8.22. The molecule has 0 saturated heterocycles. The van der Waals surface area contributed by atoms with Gasteiger partial charge in [0.1, 0.15) is 40.6 Å². The van der Waals surface area contributed by atoms with Gasteiger partial charge in [0.05, 0.1) is 29.9 Å². The molecule has 1 saturated carbocycles. The molecule has 42 heavy (non-hydrogen) atoms. The van der Waals surface area contributed by atoms with E-state index in [1.54, 1.807) is 6.92 Å². The van der Waals surface area contributed by atoms with Gasteiger partial charge in [0.15, 0.2) is 23.1 Å². The second-order valence-corrected chi connectivity index (χ2v) is 11.7. The molecule has 8 rings (SSSR count). The first-order valence-corrected chi connectivity index (χ1v) is 13.5. The lowest BCUT2D eigenvalue weighted by Gasteiger charge is -2.46. The number of aliphatic hydroxyl groups is 1. The summed E-state index contributed by atoms with van der Waals surface area (Å²) >= 11 is 0. The fraction of sp³-hybridized carbons (Fsp3) is 0.355. The molecule has 6 atom stereocenters. The number of carbonyl (C=O) groups is 6. The van der Waals surface area contributed by atoms with E-state index in [0.29, 0.717) is 5.56 Å². The first kappa shape index (κ1) is 26.3. The van der Waals surface area contributed by atoms with Crippen molar-refractivity contribution in [1.82, 2.24) is 0 Å². The number of allylic oxidation sites excluding steroid dienone is 2. The summed E-state index contributed by atoms with van der Waals surface area (Å²) in [6.07, 6.45) is 0.683. The van der Waals surface area contributed by atoms with Gasteiger partial charge >= 0.3 is 5.97 Å². The number of rotatable bonds is 1. The van der Waals surface area contributed by atoms with Gasteiger partial charge in [-0.2, -0.15) is 0 Å². The Hall–Kier alpha value is -4.64. The molecule has 5 aliphatic carbocycles. The number of ketones is 5. The molecule has 2 aromatic carbocycles. The number of aryl methyl sites for hydroxylation is 1. The number of ether oxygens (including phenoxy) is 2. The summed E-state index contributed by atoms with van der Waals surface area (Å²) in [5, 5.41) is 33.1. The molecular weight excluding hydrogens is 548 g/mol. The van der Waals surface area contributed by atoms with Crippen molar-refractivity contribution in [2.45, 2.75) is 43.8 Å². The van der Waals surface area contributed by atoms with Crippen molar-refractivity contribution in [3.05, 3.63) is 63.7 Å². The molecule has 11 nitrogen and oxygen atoms in total.